The second-order valence-corrected chi connectivity index (χ2v) is 5.22. The summed E-state index contributed by atoms with van der Waals surface area (Å²) in [5.74, 6) is -0.249. The van der Waals surface area contributed by atoms with Crippen molar-refractivity contribution in [1.29, 1.82) is 5.26 Å². The third-order valence-corrected chi connectivity index (χ3v) is 2.81. The summed E-state index contributed by atoms with van der Waals surface area (Å²) in [6.45, 7) is 4.01. The Labute approximate surface area is 135 Å². The summed E-state index contributed by atoms with van der Waals surface area (Å²) in [6.07, 6.45) is 1.40. The van der Waals surface area contributed by atoms with Gasteiger partial charge in [0, 0.05) is 6.54 Å². The first-order valence-corrected chi connectivity index (χ1v) is 7.16. The van der Waals surface area contributed by atoms with Crippen LogP contribution in [0.4, 0.5) is 0 Å². The molecule has 6 heteroatoms. The first-order valence-electron chi connectivity index (χ1n) is 7.16. The number of amides is 1. The van der Waals surface area contributed by atoms with Crippen LogP contribution in [0.15, 0.2) is 29.8 Å². The van der Waals surface area contributed by atoms with Gasteiger partial charge in [0.2, 0.25) is 0 Å². The normalized spacial score (nSPS) is 10.8. The zero-order chi connectivity index (χ0) is 17.2. The monoisotopic (exact) mass is 316 g/mol. The highest BCUT2D eigenvalue weighted by Gasteiger charge is 2.13. The molecule has 0 unspecified atom stereocenters. The lowest BCUT2D eigenvalue weighted by Crippen LogP contribution is -2.31. The Morgan fingerprint density at radius 3 is 2.48 bits per heavy atom. The Kier molecular flexibility index (Phi) is 7.34. The highest BCUT2D eigenvalue weighted by molar-refractivity contribution is 5.98. The van der Waals surface area contributed by atoms with Crippen LogP contribution in [0.5, 0.6) is 5.75 Å². The number of methoxy groups -OCH3 is 1. The molecule has 1 rings (SSSR count). The molecule has 0 aromatic heterocycles. The molecule has 0 heterocycles. The first kappa shape index (κ1) is 18.2. The Morgan fingerprint density at radius 1 is 1.30 bits per heavy atom. The molecule has 0 radical (unpaired) electrons. The van der Waals surface area contributed by atoms with Crippen LogP contribution in [0.25, 0.3) is 6.08 Å². The van der Waals surface area contributed by atoms with Crippen LogP contribution < -0.4 is 10.1 Å². The number of nitrogens with zero attached hydrogens (tertiary/aromatic N) is 1. The van der Waals surface area contributed by atoms with Crippen molar-refractivity contribution in [2.45, 2.75) is 13.8 Å². The quantitative estimate of drug-likeness (QED) is 0.471. The number of hydrogen-bond donors (Lipinski definition) is 1. The van der Waals surface area contributed by atoms with Gasteiger partial charge in [0.15, 0.2) is 6.61 Å². The SMILES string of the molecule is COc1ccc(/C=C(\C#N)C(=O)OCC(=O)NCC(C)C)cc1. The van der Waals surface area contributed by atoms with E-state index in [1.54, 1.807) is 37.4 Å². The van der Waals surface area contributed by atoms with E-state index < -0.39 is 18.5 Å². The predicted octanol–water partition coefficient (Wildman–Crippen LogP) is 1.92. The van der Waals surface area contributed by atoms with E-state index in [9.17, 15) is 9.59 Å². The topological polar surface area (TPSA) is 88.4 Å². The number of hydrogen-bond acceptors (Lipinski definition) is 5. The standard InChI is InChI=1S/C17H20N2O4/c1-12(2)10-19-16(20)11-23-17(21)14(9-18)8-13-4-6-15(22-3)7-5-13/h4-8,12H,10-11H2,1-3H3,(H,19,20)/b14-8+. The molecule has 0 bridgehead atoms. The maximum absolute atomic E-state index is 11.8. The van der Waals surface area contributed by atoms with Crippen molar-refractivity contribution in [3.8, 4) is 11.8 Å². The molecule has 0 spiro atoms. The van der Waals surface area contributed by atoms with Gasteiger partial charge >= 0.3 is 5.97 Å². The molecule has 0 aliphatic carbocycles. The fourth-order valence-electron chi connectivity index (χ4n) is 1.58. The number of ether oxygens (including phenoxy) is 2. The van der Waals surface area contributed by atoms with Crippen LogP contribution in [0.1, 0.15) is 19.4 Å². The van der Waals surface area contributed by atoms with Gasteiger partial charge in [0.05, 0.1) is 7.11 Å². The Hall–Kier alpha value is -2.81. The minimum atomic E-state index is -0.831. The lowest BCUT2D eigenvalue weighted by molar-refractivity contribution is -0.144. The average molecular weight is 316 g/mol. The van der Waals surface area contributed by atoms with Crippen molar-refractivity contribution in [2.75, 3.05) is 20.3 Å². The Bertz CT molecular complexity index is 612. The van der Waals surface area contributed by atoms with E-state index in [1.807, 2.05) is 13.8 Å². The minimum absolute atomic E-state index is 0.174. The van der Waals surface area contributed by atoms with Gasteiger partial charge in [0.1, 0.15) is 17.4 Å². The van der Waals surface area contributed by atoms with Gasteiger partial charge in [-0.3, -0.25) is 4.79 Å². The fraction of sp³-hybridized carbons (Fsp3) is 0.353. The van der Waals surface area contributed by atoms with Crippen LogP contribution in [0, 0.1) is 17.2 Å². The second-order valence-electron chi connectivity index (χ2n) is 5.22. The number of nitriles is 1. The predicted molar refractivity (Wildman–Crippen MR) is 85.4 cm³/mol. The molecule has 0 fully saturated rings. The van der Waals surface area contributed by atoms with Gasteiger partial charge in [-0.1, -0.05) is 26.0 Å². The van der Waals surface area contributed by atoms with Crippen molar-refractivity contribution in [2.24, 2.45) is 5.92 Å². The third kappa shape index (κ3) is 6.66. The molecule has 0 aliphatic heterocycles. The zero-order valence-electron chi connectivity index (χ0n) is 13.5. The lowest BCUT2D eigenvalue weighted by Gasteiger charge is -2.08. The summed E-state index contributed by atoms with van der Waals surface area (Å²) in [6, 6.07) is 8.62. The molecule has 1 aromatic carbocycles. The van der Waals surface area contributed by atoms with E-state index in [0.717, 1.165) is 0 Å². The van der Waals surface area contributed by atoms with Crippen LogP contribution >= 0.6 is 0 Å². The van der Waals surface area contributed by atoms with E-state index >= 15 is 0 Å². The van der Waals surface area contributed by atoms with Crippen molar-refractivity contribution < 1.29 is 19.1 Å². The third-order valence-electron chi connectivity index (χ3n) is 2.81. The molecule has 0 saturated carbocycles. The molecule has 0 atom stereocenters. The number of carbonyl (C=O) groups excluding carboxylic acids is 2. The van der Waals surface area contributed by atoms with Gasteiger partial charge in [-0.15, -0.1) is 0 Å². The molecular weight excluding hydrogens is 296 g/mol. The van der Waals surface area contributed by atoms with E-state index in [1.165, 1.54) is 6.08 Å². The van der Waals surface area contributed by atoms with Gasteiger partial charge in [0.25, 0.3) is 5.91 Å². The van der Waals surface area contributed by atoms with Crippen LogP contribution in [0.3, 0.4) is 0 Å². The van der Waals surface area contributed by atoms with Crippen molar-refractivity contribution >= 4 is 18.0 Å². The van der Waals surface area contributed by atoms with E-state index in [2.05, 4.69) is 5.32 Å². The first-order chi connectivity index (χ1) is 11.0. The maximum Gasteiger partial charge on any atom is 0.349 e. The van der Waals surface area contributed by atoms with Gasteiger partial charge < -0.3 is 14.8 Å². The van der Waals surface area contributed by atoms with Crippen molar-refractivity contribution in [3.05, 3.63) is 35.4 Å². The largest absolute Gasteiger partial charge is 0.497 e. The lowest BCUT2D eigenvalue weighted by atomic mass is 10.1. The summed E-state index contributed by atoms with van der Waals surface area (Å²) >= 11 is 0. The highest BCUT2D eigenvalue weighted by Crippen LogP contribution is 2.14. The van der Waals surface area contributed by atoms with Gasteiger partial charge in [-0.05, 0) is 29.7 Å². The Balaban J connectivity index is 2.62. The molecular formula is C17H20N2O4. The summed E-state index contributed by atoms with van der Waals surface area (Å²) in [5, 5.41) is 11.7. The minimum Gasteiger partial charge on any atom is -0.497 e. The Morgan fingerprint density at radius 2 is 1.96 bits per heavy atom. The smallest absolute Gasteiger partial charge is 0.349 e. The van der Waals surface area contributed by atoms with E-state index in [4.69, 9.17) is 14.7 Å². The molecule has 6 nitrogen and oxygen atoms in total. The number of rotatable bonds is 7. The van der Waals surface area contributed by atoms with Crippen LogP contribution in [-0.2, 0) is 14.3 Å². The number of nitrogens with one attached hydrogen (secondary N) is 1. The molecule has 23 heavy (non-hydrogen) atoms. The van der Waals surface area contributed by atoms with Crippen molar-refractivity contribution in [3.63, 3.8) is 0 Å². The summed E-state index contributed by atoms with van der Waals surface area (Å²) < 4.78 is 9.87. The number of carbonyl (C=O) groups is 2. The maximum atomic E-state index is 11.8. The molecule has 1 amide bonds. The molecule has 122 valence electrons. The van der Waals surface area contributed by atoms with E-state index in [-0.39, 0.29) is 5.57 Å². The fourth-order valence-corrected chi connectivity index (χ4v) is 1.58. The molecule has 0 aliphatic rings. The van der Waals surface area contributed by atoms with Crippen molar-refractivity contribution in [1.82, 2.24) is 5.32 Å². The molecule has 0 saturated heterocycles. The number of benzene rings is 1. The van der Waals surface area contributed by atoms with Crippen LogP contribution in [0.2, 0.25) is 0 Å². The highest BCUT2D eigenvalue weighted by atomic mass is 16.5. The van der Waals surface area contributed by atoms with Crippen LogP contribution in [-0.4, -0.2) is 32.1 Å². The van der Waals surface area contributed by atoms with Gasteiger partial charge in [-0.2, -0.15) is 5.26 Å². The average Bonchev–Trinajstić information content (AvgIpc) is 2.56. The summed E-state index contributed by atoms with van der Waals surface area (Å²) in [4.78, 5) is 23.3. The second kappa shape index (κ2) is 9.26. The molecule has 1 N–H and O–H groups in total. The summed E-state index contributed by atoms with van der Waals surface area (Å²) in [5.41, 5.74) is 0.482. The summed E-state index contributed by atoms with van der Waals surface area (Å²) in [7, 11) is 1.55. The molecule has 1 aromatic rings. The van der Waals surface area contributed by atoms with E-state index in [0.29, 0.717) is 23.8 Å². The van der Waals surface area contributed by atoms with Gasteiger partial charge in [-0.25, -0.2) is 4.79 Å². The number of esters is 1. The zero-order valence-corrected chi connectivity index (χ0v) is 13.5.